The highest BCUT2D eigenvalue weighted by Crippen LogP contribution is 2.48. The Kier molecular flexibility index (Phi) is 6.27. The van der Waals surface area contributed by atoms with E-state index in [4.69, 9.17) is 0 Å². The molecule has 16 heavy (non-hydrogen) atoms. The van der Waals surface area contributed by atoms with E-state index < -0.39 is 8.24 Å². The molecule has 0 bridgehead atoms. The normalized spacial score (nSPS) is 16.9. The van der Waals surface area contributed by atoms with Crippen LogP contribution in [-0.2, 0) is 0 Å². The minimum Gasteiger partial charge on any atom is -0.323 e. The van der Waals surface area contributed by atoms with Crippen LogP contribution in [0.2, 0.25) is 16.6 Å². The number of hydrogen-bond acceptors (Lipinski definition) is 1. The van der Waals surface area contributed by atoms with Crippen molar-refractivity contribution in [2.75, 3.05) is 13.1 Å². The zero-order chi connectivity index (χ0) is 13.0. The first-order chi connectivity index (χ1) is 7.27. The van der Waals surface area contributed by atoms with E-state index in [2.05, 4.69) is 60.0 Å². The molecule has 0 radical (unpaired) electrons. The van der Waals surface area contributed by atoms with Crippen LogP contribution in [0, 0.1) is 0 Å². The van der Waals surface area contributed by atoms with Crippen molar-refractivity contribution in [2.24, 2.45) is 0 Å². The quantitative estimate of drug-likeness (QED) is 0.600. The van der Waals surface area contributed by atoms with Crippen molar-refractivity contribution in [2.45, 2.75) is 78.4 Å². The molecule has 0 saturated heterocycles. The highest BCUT2D eigenvalue weighted by molar-refractivity contribution is 6.81. The smallest absolute Gasteiger partial charge is 0.136 e. The Hall–Kier alpha value is 0.177. The molecule has 2 heteroatoms. The predicted octanol–water partition coefficient (Wildman–Crippen LogP) is 4.89. The van der Waals surface area contributed by atoms with Gasteiger partial charge in [0.25, 0.3) is 0 Å². The molecule has 98 valence electrons. The highest BCUT2D eigenvalue weighted by Gasteiger charge is 2.49. The SMILES string of the molecule is CCC[Si](C(C)C)(N(CC)CC)C(C)(C)C. The van der Waals surface area contributed by atoms with Crippen LogP contribution < -0.4 is 0 Å². The molecule has 0 amide bonds. The van der Waals surface area contributed by atoms with E-state index >= 15 is 0 Å². The van der Waals surface area contributed by atoms with Gasteiger partial charge in [-0.2, -0.15) is 0 Å². The second-order valence-electron chi connectivity index (χ2n) is 6.25. The maximum Gasteiger partial charge on any atom is 0.136 e. The fourth-order valence-corrected chi connectivity index (χ4v) is 10.6. The Morgan fingerprint density at radius 3 is 1.62 bits per heavy atom. The molecule has 0 rings (SSSR count). The fourth-order valence-electron chi connectivity index (χ4n) is 3.70. The average molecular weight is 244 g/mol. The van der Waals surface area contributed by atoms with Crippen LogP contribution in [0.4, 0.5) is 0 Å². The van der Waals surface area contributed by atoms with E-state index in [1.807, 2.05) is 0 Å². The molecule has 0 saturated carbocycles. The Morgan fingerprint density at radius 1 is 1.00 bits per heavy atom. The molecule has 0 aliphatic heterocycles. The van der Waals surface area contributed by atoms with Gasteiger partial charge in [0.05, 0.1) is 0 Å². The van der Waals surface area contributed by atoms with Gasteiger partial charge in [-0.15, -0.1) is 0 Å². The van der Waals surface area contributed by atoms with Crippen molar-refractivity contribution in [1.29, 1.82) is 0 Å². The van der Waals surface area contributed by atoms with Gasteiger partial charge in [0.2, 0.25) is 0 Å². The van der Waals surface area contributed by atoms with Gasteiger partial charge in [-0.05, 0) is 29.7 Å². The molecular formula is C14H33NSi. The van der Waals surface area contributed by atoms with Crippen LogP contribution >= 0.6 is 0 Å². The summed E-state index contributed by atoms with van der Waals surface area (Å²) in [5.74, 6) is 0. The molecule has 0 aromatic carbocycles. The Morgan fingerprint density at radius 2 is 1.44 bits per heavy atom. The molecule has 0 N–H and O–H groups in total. The van der Waals surface area contributed by atoms with Gasteiger partial charge in [-0.1, -0.05) is 61.8 Å². The molecular weight excluding hydrogens is 210 g/mol. The maximum atomic E-state index is 2.82. The minimum absolute atomic E-state index is 0.475. The van der Waals surface area contributed by atoms with Crippen molar-refractivity contribution in [3.05, 3.63) is 0 Å². The lowest BCUT2D eigenvalue weighted by Crippen LogP contribution is -2.61. The first kappa shape index (κ1) is 16.2. The van der Waals surface area contributed by atoms with Gasteiger partial charge in [0.15, 0.2) is 0 Å². The molecule has 0 heterocycles. The topological polar surface area (TPSA) is 3.24 Å². The van der Waals surface area contributed by atoms with E-state index in [-0.39, 0.29) is 0 Å². The van der Waals surface area contributed by atoms with E-state index in [0.29, 0.717) is 5.04 Å². The van der Waals surface area contributed by atoms with Gasteiger partial charge < -0.3 is 4.57 Å². The summed E-state index contributed by atoms with van der Waals surface area (Å²) in [6.45, 7) is 21.7. The standard InChI is InChI=1S/C14H33NSi/c1-9-12-16(13(4)5,14(6,7)8)15(10-2)11-3/h13H,9-12H2,1-8H3. The van der Waals surface area contributed by atoms with Gasteiger partial charge in [-0.25, -0.2) is 0 Å². The lowest BCUT2D eigenvalue weighted by atomic mass is 10.2. The number of rotatable bonds is 6. The average Bonchev–Trinajstić information content (AvgIpc) is 2.15. The molecule has 1 unspecified atom stereocenters. The molecule has 0 aromatic rings. The van der Waals surface area contributed by atoms with E-state index in [1.165, 1.54) is 25.6 Å². The Labute approximate surface area is 105 Å². The molecule has 0 aromatic heterocycles. The molecule has 0 fully saturated rings. The largest absolute Gasteiger partial charge is 0.323 e. The fraction of sp³-hybridized carbons (Fsp3) is 1.00. The summed E-state index contributed by atoms with van der Waals surface area (Å²) in [7, 11) is -1.37. The highest BCUT2D eigenvalue weighted by atomic mass is 28.3. The summed E-state index contributed by atoms with van der Waals surface area (Å²) < 4.78 is 2.82. The van der Waals surface area contributed by atoms with Crippen LogP contribution in [0.25, 0.3) is 0 Å². The maximum absolute atomic E-state index is 2.82. The van der Waals surface area contributed by atoms with Crippen LogP contribution in [0.1, 0.15) is 61.8 Å². The number of nitrogens with zero attached hydrogens (tertiary/aromatic N) is 1. The Balaban J connectivity index is 5.41. The number of hydrogen-bond donors (Lipinski definition) is 0. The van der Waals surface area contributed by atoms with Gasteiger partial charge in [0.1, 0.15) is 8.24 Å². The van der Waals surface area contributed by atoms with E-state index in [9.17, 15) is 0 Å². The third-order valence-corrected chi connectivity index (χ3v) is 11.7. The predicted molar refractivity (Wildman–Crippen MR) is 78.6 cm³/mol. The van der Waals surface area contributed by atoms with Crippen molar-refractivity contribution in [1.82, 2.24) is 4.57 Å². The molecule has 1 atom stereocenters. The second kappa shape index (κ2) is 6.20. The second-order valence-corrected chi connectivity index (χ2v) is 11.9. The summed E-state index contributed by atoms with van der Waals surface area (Å²) in [6, 6.07) is 1.44. The monoisotopic (exact) mass is 243 g/mol. The summed E-state index contributed by atoms with van der Waals surface area (Å²) in [6.07, 6.45) is 1.33. The molecule has 0 aliphatic carbocycles. The first-order valence-corrected chi connectivity index (χ1v) is 9.26. The lowest BCUT2D eigenvalue weighted by Gasteiger charge is -2.53. The van der Waals surface area contributed by atoms with Crippen LogP contribution in [-0.4, -0.2) is 25.9 Å². The lowest BCUT2D eigenvalue weighted by molar-refractivity contribution is 0.412. The first-order valence-electron chi connectivity index (χ1n) is 7.02. The third kappa shape index (κ3) is 2.89. The molecule has 1 nitrogen and oxygen atoms in total. The van der Waals surface area contributed by atoms with Crippen molar-refractivity contribution in [3.63, 3.8) is 0 Å². The van der Waals surface area contributed by atoms with Crippen molar-refractivity contribution >= 4 is 8.24 Å². The summed E-state index contributed by atoms with van der Waals surface area (Å²) in [5.41, 5.74) is 0.840. The van der Waals surface area contributed by atoms with Crippen LogP contribution in [0.3, 0.4) is 0 Å². The van der Waals surface area contributed by atoms with Crippen LogP contribution in [0.5, 0.6) is 0 Å². The van der Waals surface area contributed by atoms with E-state index in [1.54, 1.807) is 0 Å². The molecule has 0 spiro atoms. The van der Waals surface area contributed by atoms with Gasteiger partial charge in [0, 0.05) is 0 Å². The zero-order valence-electron chi connectivity index (χ0n) is 12.9. The zero-order valence-corrected chi connectivity index (χ0v) is 13.9. The van der Waals surface area contributed by atoms with Crippen molar-refractivity contribution < 1.29 is 0 Å². The third-order valence-electron chi connectivity index (χ3n) is 4.21. The van der Waals surface area contributed by atoms with Gasteiger partial charge >= 0.3 is 0 Å². The summed E-state index contributed by atoms with van der Waals surface area (Å²) in [5, 5.41) is 0.475. The Bertz CT molecular complexity index is 191. The van der Waals surface area contributed by atoms with E-state index in [0.717, 1.165) is 5.54 Å². The summed E-state index contributed by atoms with van der Waals surface area (Å²) in [4.78, 5) is 0. The van der Waals surface area contributed by atoms with Crippen molar-refractivity contribution in [3.8, 4) is 0 Å². The molecule has 0 aliphatic rings. The minimum atomic E-state index is -1.37. The van der Waals surface area contributed by atoms with Crippen LogP contribution in [0.15, 0.2) is 0 Å². The summed E-state index contributed by atoms with van der Waals surface area (Å²) >= 11 is 0. The van der Waals surface area contributed by atoms with Gasteiger partial charge in [-0.3, -0.25) is 0 Å².